The fourth-order valence-electron chi connectivity index (χ4n) is 1.50. The molecule has 0 aliphatic carbocycles. The van der Waals surface area contributed by atoms with E-state index in [1.165, 1.54) is 18.2 Å². The van der Waals surface area contributed by atoms with Gasteiger partial charge in [-0.1, -0.05) is 0 Å². The van der Waals surface area contributed by atoms with Gasteiger partial charge in [0.1, 0.15) is 11.5 Å². The van der Waals surface area contributed by atoms with Gasteiger partial charge >= 0.3 is 5.97 Å². The number of benzene rings is 1. The molecule has 5 heteroatoms. The Hall–Kier alpha value is -1.75. The molecule has 0 saturated heterocycles. The molecule has 0 saturated carbocycles. The van der Waals surface area contributed by atoms with E-state index in [0.29, 0.717) is 0 Å². The first-order chi connectivity index (χ1) is 8.45. The third kappa shape index (κ3) is 3.63. The number of phenols is 2. The van der Waals surface area contributed by atoms with Crippen molar-refractivity contribution in [2.45, 2.75) is 33.0 Å². The molecule has 100 valence electrons. The lowest BCUT2D eigenvalue weighted by atomic mass is 10.1. The van der Waals surface area contributed by atoms with Crippen LogP contribution in [0.2, 0.25) is 0 Å². The number of ether oxygens (including phenoxy) is 2. The maximum absolute atomic E-state index is 11.8. The predicted molar refractivity (Wildman–Crippen MR) is 65.4 cm³/mol. The van der Waals surface area contributed by atoms with E-state index >= 15 is 0 Å². The summed E-state index contributed by atoms with van der Waals surface area (Å²) in [6.07, 6.45) is -1.27. The first-order valence-electron chi connectivity index (χ1n) is 5.79. The summed E-state index contributed by atoms with van der Waals surface area (Å²) in [6, 6.07) is 3.93. The Morgan fingerprint density at radius 2 is 2.00 bits per heavy atom. The summed E-state index contributed by atoms with van der Waals surface area (Å²) in [5.74, 6) is -0.761. The largest absolute Gasteiger partial charge is 0.508 e. The van der Waals surface area contributed by atoms with Crippen LogP contribution in [0.4, 0.5) is 0 Å². The van der Waals surface area contributed by atoms with Gasteiger partial charge in [-0.05, 0) is 39.0 Å². The zero-order valence-corrected chi connectivity index (χ0v) is 10.7. The SMILES string of the molecule is CCOC(=O)C(OC(C)C)c1cc(O)ccc1O. The van der Waals surface area contributed by atoms with Gasteiger partial charge in [0.05, 0.1) is 12.7 Å². The van der Waals surface area contributed by atoms with Gasteiger partial charge in [-0.2, -0.15) is 0 Å². The average Bonchev–Trinajstić information content (AvgIpc) is 2.29. The minimum Gasteiger partial charge on any atom is -0.508 e. The van der Waals surface area contributed by atoms with E-state index in [-0.39, 0.29) is 29.8 Å². The molecule has 0 radical (unpaired) electrons. The summed E-state index contributed by atoms with van der Waals surface area (Å²) in [7, 11) is 0. The highest BCUT2D eigenvalue weighted by atomic mass is 16.6. The van der Waals surface area contributed by atoms with E-state index in [1.807, 2.05) is 0 Å². The first-order valence-corrected chi connectivity index (χ1v) is 5.79. The van der Waals surface area contributed by atoms with Crippen LogP contribution in [0.25, 0.3) is 0 Å². The second-order valence-corrected chi connectivity index (χ2v) is 4.06. The molecule has 0 amide bonds. The van der Waals surface area contributed by atoms with Gasteiger partial charge in [0.2, 0.25) is 0 Å². The normalized spacial score (nSPS) is 12.4. The van der Waals surface area contributed by atoms with Gasteiger partial charge in [0.25, 0.3) is 0 Å². The Balaban J connectivity index is 3.08. The lowest BCUT2D eigenvalue weighted by Crippen LogP contribution is -2.22. The number of carbonyl (C=O) groups is 1. The van der Waals surface area contributed by atoms with Gasteiger partial charge in [0, 0.05) is 5.56 Å². The van der Waals surface area contributed by atoms with Crippen LogP contribution in [0.3, 0.4) is 0 Å². The smallest absolute Gasteiger partial charge is 0.340 e. The number of aromatic hydroxyl groups is 2. The quantitative estimate of drug-likeness (QED) is 0.621. The van der Waals surface area contributed by atoms with E-state index in [1.54, 1.807) is 20.8 Å². The molecule has 1 aromatic carbocycles. The van der Waals surface area contributed by atoms with Gasteiger partial charge in [-0.15, -0.1) is 0 Å². The zero-order valence-electron chi connectivity index (χ0n) is 10.7. The summed E-state index contributed by atoms with van der Waals surface area (Å²) in [5, 5.41) is 19.1. The molecule has 18 heavy (non-hydrogen) atoms. The van der Waals surface area contributed by atoms with Crippen LogP contribution in [0, 0.1) is 0 Å². The van der Waals surface area contributed by atoms with Crippen LogP contribution in [0.1, 0.15) is 32.4 Å². The second-order valence-electron chi connectivity index (χ2n) is 4.06. The molecule has 0 spiro atoms. The molecule has 2 N–H and O–H groups in total. The van der Waals surface area contributed by atoms with Crippen LogP contribution in [-0.2, 0) is 14.3 Å². The van der Waals surface area contributed by atoms with Crippen LogP contribution in [-0.4, -0.2) is 28.9 Å². The number of esters is 1. The van der Waals surface area contributed by atoms with E-state index in [9.17, 15) is 15.0 Å². The molecule has 0 heterocycles. The van der Waals surface area contributed by atoms with Gasteiger partial charge in [-0.25, -0.2) is 4.79 Å². The Morgan fingerprint density at radius 1 is 1.33 bits per heavy atom. The van der Waals surface area contributed by atoms with Crippen molar-refractivity contribution >= 4 is 5.97 Å². The van der Waals surface area contributed by atoms with Crippen molar-refractivity contribution < 1.29 is 24.5 Å². The maximum atomic E-state index is 11.8. The van der Waals surface area contributed by atoms with Crippen molar-refractivity contribution in [3.63, 3.8) is 0 Å². The highest BCUT2D eigenvalue weighted by Gasteiger charge is 2.27. The third-order valence-corrected chi connectivity index (χ3v) is 2.20. The number of hydrogen-bond acceptors (Lipinski definition) is 5. The average molecular weight is 254 g/mol. The molecule has 1 rings (SSSR count). The summed E-state index contributed by atoms with van der Waals surface area (Å²) in [4.78, 5) is 11.8. The summed E-state index contributed by atoms with van der Waals surface area (Å²) in [5.41, 5.74) is 0.196. The fourth-order valence-corrected chi connectivity index (χ4v) is 1.50. The highest BCUT2D eigenvalue weighted by Crippen LogP contribution is 2.31. The van der Waals surface area contributed by atoms with E-state index in [4.69, 9.17) is 9.47 Å². The Morgan fingerprint density at radius 3 is 2.56 bits per heavy atom. The molecule has 1 atom stereocenters. The predicted octanol–water partition coefficient (Wildman–Crippen LogP) is 2.13. The zero-order chi connectivity index (χ0) is 13.7. The van der Waals surface area contributed by atoms with Crippen LogP contribution >= 0.6 is 0 Å². The van der Waals surface area contributed by atoms with E-state index < -0.39 is 12.1 Å². The Labute approximate surface area is 106 Å². The van der Waals surface area contributed by atoms with Crippen molar-refractivity contribution in [2.24, 2.45) is 0 Å². The van der Waals surface area contributed by atoms with Gasteiger partial charge < -0.3 is 19.7 Å². The Kier molecular flexibility index (Phi) is 4.97. The molecular formula is C13H18O5. The summed E-state index contributed by atoms with van der Waals surface area (Å²) >= 11 is 0. The second kappa shape index (κ2) is 6.26. The minimum absolute atomic E-state index is 0.0514. The molecule has 0 bridgehead atoms. The number of carbonyl (C=O) groups excluding carboxylic acids is 1. The summed E-state index contributed by atoms with van der Waals surface area (Å²) in [6.45, 7) is 5.45. The molecule has 0 aromatic heterocycles. The highest BCUT2D eigenvalue weighted by molar-refractivity contribution is 5.77. The fraction of sp³-hybridized carbons (Fsp3) is 0.462. The third-order valence-electron chi connectivity index (χ3n) is 2.20. The van der Waals surface area contributed by atoms with Crippen LogP contribution in [0.15, 0.2) is 18.2 Å². The van der Waals surface area contributed by atoms with Gasteiger partial charge in [-0.3, -0.25) is 0 Å². The van der Waals surface area contributed by atoms with Crippen LogP contribution < -0.4 is 0 Å². The van der Waals surface area contributed by atoms with Crippen molar-refractivity contribution in [1.82, 2.24) is 0 Å². The van der Waals surface area contributed by atoms with Crippen molar-refractivity contribution in [3.05, 3.63) is 23.8 Å². The number of phenolic OH excluding ortho intramolecular Hbond substituents is 2. The molecule has 0 aliphatic rings. The van der Waals surface area contributed by atoms with Crippen molar-refractivity contribution in [2.75, 3.05) is 6.61 Å². The standard InChI is InChI=1S/C13H18O5/c1-4-17-13(16)12(18-8(2)3)10-7-9(14)5-6-11(10)15/h5-8,12,14-15H,4H2,1-3H3. The molecular weight excluding hydrogens is 236 g/mol. The molecule has 1 aromatic rings. The summed E-state index contributed by atoms with van der Waals surface area (Å²) < 4.78 is 10.3. The monoisotopic (exact) mass is 254 g/mol. The maximum Gasteiger partial charge on any atom is 0.340 e. The van der Waals surface area contributed by atoms with E-state index in [2.05, 4.69) is 0 Å². The molecule has 1 unspecified atom stereocenters. The molecule has 0 aliphatic heterocycles. The van der Waals surface area contributed by atoms with E-state index in [0.717, 1.165) is 0 Å². The van der Waals surface area contributed by atoms with Gasteiger partial charge in [0.15, 0.2) is 6.10 Å². The first kappa shape index (κ1) is 14.3. The topological polar surface area (TPSA) is 76.0 Å². The molecule has 0 fully saturated rings. The van der Waals surface area contributed by atoms with Crippen molar-refractivity contribution in [3.8, 4) is 11.5 Å². The molecule has 5 nitrogen and oxygen atoms in total. The minimum atomic E-state index is -1.04. The lowest BCUT2D eigenvalue weighted by molar-refractivity contribution is -0.160. The van der Waals surface area contributed by atoms with Crippen LogP contribution in [0.5, 0.6) is 11.5 Å². The lowest BCUT2D eigenvalue weighted by Gasteiger charge is -2.20. The number of hydrogen-bond donors (Lipinski definition) is 2. The Bertz CT molecular complexity index is 414. The van der Waals surface area contributed by atoms with Crippen molar-refractivity contribution in [1.29, 1.82) is 0 Å². The number of rotatable bonds is 5.